The van der Waals surface area contributed by atoms with Gasteiger partial charge in [-0.2, -0.15) is 0 Å². The first-order valence-electron chi connectivity index (χ1n) is 6.31. The minimum absolute atomic E-state index is 0.0155. The molecule has 0 aromatic carbocycles. The summed E-state index contributed by atoms with van der Waals surface area (Å²) in [4.78, 5) is 15.5. The van der Waals surface area contributed by atoms with Crippen LogP contribution in [-0.2, 0) is 11.2 Å². The summed E-state index contributed by atoms with van der Waals surface area (Å²) < 4.78 is 10.9. The molecule has 1 saturated heterocycles. The number of hydrogen-bond acceptors (Lipinski definition) is 4. The Morgan fingerprint density at radius 1 is 1.56 bits per heavy atom. The van der Waals surface area contributed by atoms with E-state index in [1.807, 2.05) is 20.8 Å². The lowest BCUT2D eigenvalue weighted by atomic mass is 10.1. The van der Waals surface area contributed by atoms with E-state index in [2.05, 4.69) is 4.98 Å². The standard InChI is InChI=1S/C13H19NO4/c1-7(2)4-10-11(13(15)16)18-12(14-10)9-5-8(3)17-6-9/h7-9H,4-6H2,1-3H3,(H,15,16). The molecule has 1 fully saturated rings. The molecule has 1 aromatic heterocycles. The number of rotatable bonds is 4. The zero-order valence-electron chi connectivity index (χ0n) is 11.0. The molecule has 1 aliphatic rings. The van der Waals surface area contributed by atoms with E-state index in [9.17, 15) is 4.79 Å². The summed E-state index contributed by atoms with van der Waals surface area (Å²) in [5.74, 6) is -0.124. The summed E-state index contributed by atoms with van der Waals surface area (Å²) in [7, 11) is 0. The number of oxazole rings is 1. The molecule has 100 valence electrons. The van der Waals surface area contributed by atoms with Gasteiger partial charge in [-0.1, -0.05) is 13.8 Å². The van der Waals surface area contributed by atoms with Crippen LogP contribution in [0.2, 0.25) is 0 Å². The van der Waals surface area contributed by atoms with Crippen LogP contribution < -0.4 is 0 Å². The van der Waals surface area contributed by atoms with Gasteiger partial charge in [0.25, 0.3) is 0 Å². The van der Waals surface area contributed by atoms with Crippen LogP contribution >= 0.6 is 0 Å². The predicted molar refractivity (Wildman–Crippen MR) is 64.8 cm³/mol. The van der Waals surface area contributed by atoms with Gasteiger partial charge in [0.2, 0.25) is 11.7 Å². The van der Waals surface area contributed by atoms with Gasteiger partial charge in [0.1, 0.15) is 0 Å². The molecule has 2 heterocycles. The Hall–Kier alpha value is -1.36. The number of carboxylic acids is 1. The lowest BCUT2D eigenvalue weighted by Gasteiger charge is -2.01. The number of aromatic nitrogens is 1. The zero-order chi connectivity index (χ0) is 13.3. The van der Waals surface area contributed by atoms with Crippen molar-refractivity contribution < 1.29 is 19.1 Å². The average molecular weight is 253 g/mol. The molecule has 0 radical (unpaired) electrons. The fourth-order valence-corrected chi connectivity index (χ4v) is 2.23. The second-order valence-corrected chi connectivity index (χ2v) is 5.31. The van der Waals surface area contributed by atoms with Crippen molar-refractivity contribution in [1.29, 1.82) is 0 Å². The van der Waals surface area contributed by atoms with Crippen molar-refractivity contribution in [2.75, 3.05) is 6.61 Å². The molecule has 0 aliphatic carbocycles. The van der Waals surface area contributed by atoms with Crippen LogP contribution in [0.4, 0.5) is 0 Å². The fourth-order valence-electron chi connectivity index (χ4n) is 2.23. The normalized spacial score (nSPS) is 23.8. The number of carbonyl (C=O) groups is 1. The van der Waals surface area contributed by atoms with Gasteiger partial charge in [-0.15, -0.1) is 0 Å². The largest absolute Gasteiger partial charge is 0.475 e. The molecule has 1 aliphatic heterocycles. The van der Waals surface area contributed by atoms with Crippen LogP contribution in [0, 0.1) is 5.92 Å². The van der Waals surface area contributed by atoms with Crippen LogP contribution in [0.3, 0.4) is 0 Å². The first-order valence-corrected chi connectivity index (χ1v) is 6.31. The van der Waals surface area contributed by atoms with E-state index in [1.54, 1.807) is 0 Å². The number of ether oxygens (including phenoxy) is 1. The summed E-state index contributed by atoms with van der Waals surface area (Å²) in [5.41, 5.74) is 0.548. The molecular formula is C13H19NO4. The van der Waals surface area contributed by atoms with Crippen LogP contribution in [0.1, 0.15) is 55.2 Å². The second-order valence-electron chi connectivity index (χ2n) is 5.31. The molecule has 5 heteroatoms. The molecule has 0 amide bonds. The molecule has 2 unspecified atom stereocenters. The fraction of sp³-hybridized carbons (Fsp3) is 0.692. The third-order valence-electron chi connectivity index (χ3n) is 3.06. The smallest absolute Gasteiger partial charge is 0.373 e. The number of hydrogen-bond donors (Lipinski definition) is 1. The highest BCUT2D eigenvalue weighted by molar-refractivity contribution is 5.85. The predicted octanol–water partition coefficient (Wildman–Crippen LogP) is 2.46. The van der Waals surface area contributed by atoms with E-state index < -0.39 is 5.97 Å². The molecule has 2 atom stereocenters. The van der Waals surface area contributed by atoms with Gasteiger partial charge in [-0.25, -0.2) is 9.78 Å². The Balaban J connectivity index is 2.24. The second kappa shape index (κ2) is 5.10. The summed E-state index contributed by atoms with van der Waals surface area (Å²) >= 11 is 0. The minimum Gasteiger partial charge on any atom is -0.475 e. The van der Waals surface area contributed by atoms with Crippen molar-refractivity contribution >= 4 is 5.97 Å². The maximum absolute atomic E-state index is 11.1. The Labute approximate surface area is 106 Å². The van der Waals surface area contributed by atoms with Gasteiger partial charge < -0.3 is 14.3 Å². The average Bonchev–Trinajstić information content (AvgIpc) is 2.83. The maximum Gasteiger partial charge on any atom is 0.373 e. The third-order valence-corrected chi connectivity index (χ3v) is 3.06. The summed E-state index contributed by atoms with van der Waals surface area (Å²) in [6.45, 7) is 6.61. The van der Waals surface area contributed by atoms with E-state index in [0.29, 0.717) is 30.5 Å². The van der Waals surface area contributed by atoms with Crippen molar-refractivity contribution in [2.45, 2.75) is 45.6 Å². The number of nitrogens with zero attached hydrogens (tertiary/aromatic N) is 1. The molecule has 1 aromatic rings. The van der Waals surface area contributed by atoms with E-state index in [0.717, 1.165) is 6.42 Å². The minimum atomic E-state index is -1.05. The van der Waals surface area contributed by atoms with Crippen LogP contribution in [-0.4, -0.2) is 28.8 Å². The van der Waals surface area contributed by atoms with Crippen molar-refractivity contribution in [3.05, 3.63) is 17.3 Å². The van der Waals surface area contributed by atoms with Crippen LogP contribution in [0.5, 0.6) is 0 Å². The molecule has 2 rings (SSSR count). The van der Waals surface area contributed by atoms with E-state index in [-0.39, 0.29) is 17.8 Å². The van der Waals surface area contributed by atoms with Gasteiger partial charge in [0.05, 0.1) is 24.3 Å². The SMILES string of the molecule is CC(C)Cc1nc(C2COC(C)C2)oc1C(=O)O. The van der Waals surface area contributed by atoms with Gasteiger partial charge >= 0.3 is 5.97 Å². The van der Waals surface area contributed by atoms with Gasteiger partial charge in [-0.3, -0.25) is 0 Å². The van der Waals surface area contributed by atoms with Crippen molar-refractivity contribution in [1.82, 2.24) is 4.98 Å². The molecule has 5 nitrogen and oxygen atoms in total. The van der Waals surface area contributed by atoms with E-state index >= 15 is 0 Å². The Bertz CT molecular complexity index is 438. The highest BCUT2D eigenvalue weighted by Gasteiger charge is 2.30. The highest BCUT2D eigenvalue weighted by atomic mass is 16.5. The lowest BCUT2D eigenvalue weighted by Crippen LogP contribution is -2.03. The van der Waals surface area contributed by atoms with Gasteiger partial charge in [-0.05, 0) is 25.7 Å². The van der Waals surface area contributed by atoms with Crippen LogP contribution in [0.25, 0.3) is 0 Å². The summed E-state index contributed by atoms with van der Waals surface area (Å²) in [6.07, 6.45) is 1.64. The third kappa shape index (κ3) is 2.72. The quantitative estimate of drug-likeness (QED) is 0.892. The topological polar surface area (TPSA) is 72.6 Å². The monoisotopic (exact) mass is 253 g/mol. The molecule has 0 spiro atoms. The Morgan fingerprint density at radius 2 is 2.28 bits per heavy atom. The molecule has 1 N–H and O–H groups in total. The zero-order valence-corrected chi connectivity index (χ0v) is 11.0. The first kappa shape index (κ1) is 13.1. The first-order chi connectivity index (χ1) is 8.47. The van der Waals surface area contributed by atoms with Crippen LogP contribution in [0.15, 0.2) is 4.42 Å². The Kier molecular flexibility index (Phi) is 3.71. The molecular weight excluding hydrogens is 234 g/mol. The summed E-state index contributed by atoms with van der Waals surface area (Å²) in [6, 6.07) is 0. The number of carboxylic acid groups (broad SMARTS) is 1. The molecule has 0 bridgehead atoms. The van der Waals surface area contributed by atoms with Gasteiger partial charge in [0, 0.05) is 0 Å². The Morgan fingerprint density at radius 3 is 2.78 bits per heavy atom. The van der Waals surface area contributed by atoms with Crippen molar-refractivity contribution in [3.63, 3.8) is 0 Å². The molecule has 0 saturated carbocycles. The summed E-state index contributed by atoms with van der Waals surface area (Å²) in [5, 5.41) is 9.12. The van der Waals surface area contributed by atoms with E-state index in [1.165, 1.54) is 0 Å². The highest BCUT2D eigenvalue weighted by Crippen LogP contribution is 2.30. The van der Waals surface area contributed by atoms with Crippen molar-refractivity contribution in [3.8, 4) is 0 Å². The lowest BCUT2D eigenvalue weighted by molar-refractivity contribution is 0.0657. The van der Waals surface area contributed by atoms with Crippen molar-refractivity contribution in [2.24, 2.45) is 5.92 Å². The maximum atomic E-state index is 11.1. The number of aromatic carboxylic acids is 1. The van der Waals surface area contributed by atoms with Gasteiger partial charge in [0.15, 0.2) is 0 Å². The van der Waals surface area contributed by atoms with E-state index in [4.69, 9.17) is 14.3 Å². The molecule has 18 heavy (non-hydrogen) atoms.